The number of aliphatic hydroxyl groups excluding tert-OH is 4. The average Bonchev–Trinajstić information content (AvgIpc) is 3.45. The summed E-state index contributed by atoms with van der Waals surface area (Å²) >= 11 is 0. The van der Waals surface area contributed by atoms with Crippen molar-refractivity contribution in [2.24, 2.45) is 0 Å². The number of fused-ring (bicyclic) bond motifs is 2. The summed E-state index contributed by atoms with van der Waals surface area (Å²) < 4.78 is 5.49. The van der Waals surface area contributed by atoms with E-state index in [1.807, 2.05) is 36.5 Å². The third kappa shape index (κ3) is 3.49. The van der Waals surface area contributed by atoms with Crippen molar-refractivity contribution >= 4 is 21.8 Å². The molecule has 0 spiro atoms. The van der Waals surface area contributed by atoms with Gasteiger partial charge >= 0.3 is 0 Å². The molecule has 0 aliphatic carbocycles. The molecule has 5 atom stereocenters. The maximum Gasteiger partial charge on any atom is 0.147 e. The van der Waals surface area contributed by atoms with E-state index in [4.69, 9.17) is 4.74 Å². The highest BCUT2D eigenvalue weighted by molar-refractivity contribution is 5.91. The molecule has 1 fully saturated rings. The smallest absolute Gasteiger partial charge is 0.147 e. The zero-order valence-corrected chi connectivity index (χ0v) is 16.4. The van der Waals surface area contributed by atoms with Gasteiger partial charge in [0.1, 0.15) is 30.5 Å². The monoisotopic (exact) mass is 419 g/mol. The first-order valence-electron chi connectivity index (χ1n) is 9.92. The Hall–Kier alpha value is -3.19. The molecule has 8 nitrogen and oxygen atoms in total. The lowest BCUT2D eigenvalue weighted by molar-refractivity contribution is -0.214. The molecule has 3 heterocycles. The van der Waals surface area contributed by atoms with Crippen molar-refractivity contribution in [1.29, 1.82) is 0 Å². The third-order valence-corrected chi connectivity index (χ3v) is 5.68. The van der Waals surface area contributed by atoms with Crippen molar-refractivity contribution in [2.45, 2.75) is 30.5 Å². The lowest BCUT2D eigenvalue weighted by Gasteiger charge is -2.37. The molecular weight excluding hydrogens is 398 g/mol. The van der Waals surface area contributed by atoms with Crippen LogP contribution < -0.4 is 0 Å². The molecule has 31 heavy (non-hydrogen) atoms. The summed E-state index contributed by atoms with van der Waals surface area (Å²) in [6.45, 7) is -0.495. The fraction of sp³-hybridized carbons (Fsp3) is 0.261. The van der Waals surface area contributed by atoms with Crippen molar-refractivity contribution < 1.29 is 25.2 Å². The second-order valence-corrected chi connectivity index (χ2v) is 7.66. The number of nitrogens with zero attached hydrogens (tertiary/aromatic N) is 1. The molecular formula is C23H21N3O5. The number of benzene rings is 2. The molecule has 0 bridgehead atoms. The topological polar surface area (TPSA) is 135 Å². The quantitative estimate of drug-likeness (QED) is 0.267. The largest absolute Gasteiger partial charge is 0.394 e. The molecule has 1 aliphatic rings. The fourth-order valence-electron chi connectivity index (χ4n) is 3.93. The van der Waals surface area contributed by atoms with Crippen molar-refractivity contribution in [2.75, 3.05) is 6.61 Å². The van der Waals surface area contributed by atoms with Gasteiger partial charge in [0.05, 0.1) is 23.9 Å². The van der Waals surface area contributed by atoms with Crippen LogP contribution in [0.5, 0.6) is 0 Å². The molecule has 5 rings (SSSR count). The fourth-order valence-corrected chi connectivity index (χ4v) is 3.93. The molecule has 1 saturated heterocycles. The van der Waals surface area contributed by atoms with Crippen LogP contribution in [0, 0.1) is 11.8 Å². The molecule has 8 heteroatoms. The highest BCUT2D eigenvalue weighted by Crippen LogP contribution is 2.29. The van der Waals surface area contributed by atoms with E-state index < -0.39 is 37.1 Å². The Bertz CT molecular complexity index is 1300. The normalized spacial score (nSPS) is 26.1. The minimum absolute atomic E-state index is 0.495. The van der Waals surface area contributed by atoms with E-state index in [-0.39, 0.29) is 0 Å². The van der Waals surface area contributed by atoms with Crippen LogP contribution in [0.25, 0.3) is 32.9 Å². The van der Waals surface area contributed by atoms with Crippen LogP contribution in [0.4, 0.5) is 0 Å². The van der Waals surface area contributed by atoms with Gasteiger partial charge in [0.15, 0.2) is 0 Å². The van der Waals surface area contributed by atoms with Gasteiger partial charge in [-0.15, -0.1) is 0 Å². The van der Waals surface area contributed by atoms with E-state index in [0.29, 0.717) is 5.56 Å². The van der Waals surface area contributed by atoms with E-state index in [0.717, 1.165) is 32.9 Å². The molecule has 4 aromatic rings. The number of hydrogen-bond acceptors (Lipinski definition) is 6. The van der Waals surface area contributed by atoms with E-state index in [9.17, 15) is 20.4 Å². The first kappa shape index (κ1) is 19.8. The summed E-state index contributed by atoms with van der Waals surface area (Å²) in [7, 11) is 0. The van der Waals surface area contributed by atoms with Gasteiger partial charge in [0.25, 0.3) is 0 Å². The van der Waals surface area contributed by atoms with E-state index in [2.05, 4.69) is 33.1 Å². The Labute approximate surface area is 177 Å². The zero-order valence-electron chi connectivity index (χ0n) is 16.4. The molecule has 0 unspecified atom stereocenters. The molecule has 158 valence electrons. The summed E-state index contributed by atoms with van der Waals surface area (Å²) in [5, 5.41) is 48.6. The highest BCUT2D eigenvalue weighted by atomic mass is 16.5. The van der Waals surface area contributed by atoms with Crippen LogP contribution in [0.2, 0.25) is 0 Å². The number of aromatic amines is 2. The zero-order chi connectivity index (χ0) is 21.5. The molecule has 6 N–H and O–H groups in total. The standard InChI is InChI=1S/C23H21N3O5/c27-11-19-22(29)23(30)21(28)18(31-19)4-2-14-8-15(9-16-10-25-26-20(14)16)12-1-3-17-13(7-12)5-6-24-17/h1,3,5-10,18-19,21-24,27-30H,11H2,(H,25,26)/t18-,19-,21-,22-,23-/m1/s1. The Morgan fingerprint density at radius 1 is 0.968 bits per heavy atom. The summed E-state index contributed by atoms with van der Waals surface area (Å²) in [6, 6.07) is 12.1. The second kappa shape index (κ2) is 7.81. The Morgan fingerprint density at radius 2 is 1.81 bits per heavy atom. The molecule has 0 saturated carbocycles. The Balaban J connectivity index is 1.54. The van der Waals surface area contributed by atoms with Gasteiger partial charge in [0.2, 0.25) is 0 Å². The molecule has 2 aromatic carbocycles. The van der Waals surface area contributed by atoms with Gasteiger partial charge in [-0.2, -0.15) is 5.10 Å². The molecule has 2 aromatic heterocycles. The van der Waals surface area contributed by atoms with Crippen LogP contribution in [0.1, 0.15) is 5.56 Å². The van der Waals surface area contributed by atoms with E-state index >= 15 is 0 Å². The van der Waals surface area contributed by atoms with Gasteiger partial charge in [-0.3, -0.25) is 5.10 Å². The van der Waals surface area contributed by atoms with Crippen molar-refractivity contribution in [3.63, 3.8) is 0 Å². The Morgan fingerprint density at radius 3 is 2.65 bits per heavy atom. The third-order valence-electron chi connectivity index (χ3n) is 5.68. The molecule has 0 amide bonds. The van der Waals surface area contributed by atoms with Crippen LogP contribution in [-0.4, -0.2) is 72.7 Å². The van der Waals surface area contributed by atoms with Crippen LogP contribution in [0.3, 0.4) is 0 Å². The predicted octanol–water partition coefficient (Wildman–Crippen LogP) is 0.905. The number of ether oxygens (including phenoxy) is 1. The predicted molar refractivity (Wildman–Crippen MR) is 114 cm³/mol. The van der Waals surface area contributed by atoms with Gasteiger partial charge in [-0.25, -0.2) is 0 Å². The van der Waals surface area contributed by atoms with Crippen molar-refractivity contribution in [1.82, 2.24) is 15.2 Å². The van der Waals surface area contributed by atoms with Gasteiger partial charge in [-0.1, -0.05) is 17.9 Å². The van der Waals surface area contributed by atoms with Crippen molar-refractivity contribution in [3.05, 3.63) is 54.4 Å². The average molecular weight is 419 g/mol. The van der Waals surface area contributed by atoms with E-state index in [1.165, 1.54) is 0 Å². The number of nitrogens with one attached hydrogen (secondary N) is 2. The minimum Gasteiger partial charge on any atom is -0.394 e. The minimum atomic E-state index is -1.46. The van der Waals surface area contributed by atoms with Crippen LogP contribution >= 0.6 is 0 Å². The van der Waals surface area contributed by atoms with Crippen LogP contribution in [-0.2, 0) is 4.74 Å². The van der Waals surface area contributed by atoms with Gasteiger partial charge < -0.3 is 30.1 Å². The summed E-state index contributed by atoms with van der Waals surface area (Å²) in [4.78, 5) is 3.18. The first-order chi connectivity index (χ1) is 15.0. The maximum atomic E-state index is 10.2. The second-order valence-electron chi connectivity index (χ2n) is 7.66. The number of aromatic nitrogens is 3. The van der Waals surface area contributed by atoms with E-state index in [1.54, 1.807) is 6.20 Å². The molecule has 0 radical (unpaired) electrons. The summed E-state index contributed by atoms with van der Waals surface area (Å²) in [5.74, 6) is 5.84. The number of hydrogen-bond donors (Lipinski definition) is 6. The Kier molecular flexibility index (Phi) is 4.98. The lowest BCUT2D eigenvalue weighted by Crippen LogP contribution is -2.58. The van der Waals surface area contributed by atoms with Gasteiger partial charge in [0, 0.05) is 17.1 Å². The SMILES string of the molecule is OC[C@H]1O[C@H](C#Cc2cc(-c3ccc4[nH]ccc4c3)cc3cn[nH]c23)[C@@H](O)[C@@H](O)[C@@H]1O. The summed E-state index contributed by atoms with van der Waals surface area (Å²) in [6.07, 6.45) is -2.72. The first-order valence-corrected chi connectivity index (χ1v) is 9.92. The maximum absolute atomic E-state index is 10.2. The van der Waals surface area contributed by atoms with Gasteiger partial charge in [-0.05, 0) is 46.8 Å². The van der Waals surface area contributed by atoms with Crippen molar-refractivity contribution in [3.8, 4) is 23.0 Å². The summed E-state index contributed by atoms with van der Waals surface area (Å²) in [5.41, 5.74) is 4.41. The number of aliphatic hydroxyl groups is 4. The van der Waals surface area contributed by atoms with Crippen LogP contribution in [0.15, 0.2) is 48.8 Å². The number of H-pyrrole nitrogens is 2. The number of rotatable bonds is 2. The molecule has 1 aliphatic heterocycles. The lowest BCUT2D eigenvalue weighted by atomic mass is 9.95. The highest BCUT2D eigenvalue weighted by Gasteiger charge is 2.42.